The zero-order chi connectivity index (χ0) is 18.9. The molecular weight excluding hydrogens is 485 g/mol. The van der Waals surface area contributed by atoms with Gasteiger partial charge in [0.1, 0.15) is 0 Å². The third-order valence-corrected chi connectivity index (χ3v) is 7.23. The molecule has 152 valence electrons. The van der Waals surface area contributed by atoms with Gasteiger partial charge in [-0.1, -0.05) is 42.5 Å². The number of hydrogen-bond acceptors (Lipinski definition) is 3. The van der Waals surface area contributed by atoms with Crippen molar-refractivity contribution in [2.45, 2.75) is 38.3 Å². The second-order valence-corrected chi connectivity index (χ2v) is 10.0. The van der Waals surface area contributed by atoms with Crippen molar-refractivity contribution in [3.63, 3.8) is 0 Å². The predicted octanol–water partition coefficient (Wildman–Crippen LogP) is 3.65. The van der Waals surface area contributed by atoms with Crippen LogP contribution in [0.1, 0.15) is 37.8 Å². The number of benzene rings is 2. The molecule has 4 rings (SSSR count). The summed E-state index contributed by atoms with van der Waals surface area (Å²) in [5.41, 5.74) is 1.24. The van der Waals surface area contributed by atoms with Gasteiger partial charge in [-0.2, -0.15) is 0 Å². The van der Waals surface area contributed by atoms with E-state index in [0.29, 0.717) is 18.3 Å². The molecule has 2 aromatic carbocycles. The van der Waals surface area contributed by atoms with Gasteiger partial charge in [0.15, 0.2) is 15.8 Å². The largest absolute Gasteiger partial charge is 0.354 e. The fourth-order valence-corrected chi connectivity index (χ4v) is 5.55. The number of halogens is 1. The SMILES string of the molecule is CC(NC(=NCC1CCS(=O)(=O)C1)NC1CC1)c1cccc2ccccc12.I. The summed E-state index contributed by atoms with van der Waals surface area (Å²) in [6.07, 6.45) is 3.06. The average Bonchev–Trinajstić information content (AvgIpc) is 3.40. The van der Waals surface area contributed by atoms with E-state index >= 15 is 0 Å². The lowest BCUT2D eigenvalue weighted by Crippen LogP contribution is -2.40. The first-order valence-electron chi connectivity index (χ1n) is 9.76. The summed E-state index contributed by atoms with van der Waals surface area (Å²) in [6, 6.07) is 15.4. The van der Waals surface area contributed by atoms with Crippen LogP contribution in [0.2, 0.25) is 0 Å². The second kappa shape index (κ2) is 8.98. The van der Waals surface area contributed by atoms with E-state index in [9.17, 15) is 8.42 Å². The predicted molar refractivity (Wildman–Crippen MR) is 126 cm³/mol. The number of hydrogen-bond donors (Lipinski definition) is 2. The van der Waals surface area contributed by atoms with E-state index in [0.717, 1.165) is 12.4 Å². The molecule has 0 radical (unpaired) electrons. The van der Waals surface area contributed by atoms with E-state index in [-0.39, 0.29) is 41.7 Å². The number of nitrogens with one attached hydrogen (secondary N) is 2. The Morgan fingerprint density at radius 2 is 1.89 bits per heavy atom. The molecule has 1 saturated carbocycles. The van der Waals surface area contributed by atoms with Gasteiger partial charge in [0.2, 0.25) is 0 Å². The van der Waals surface area contributed by atoms with Gasteiger partial charge >= 0.3 is 0 Å². The van der Waals surface area contributed by atoms with E-state index < -0.39 is 9.84 Å². The maximum atomic E-state index is 11.7. The minimum absolute atomic E-state index is 0. The molecule has 2 aliphatic rings. The summed E-state index contributed by atoms with van der Waals surface area (Å²) in [7, 11) is -2.85. The van der Waals surface area contributed by atoms with Gasteiger partial charge in [-0.3, -0.25) is 4.99 Å². The molecule has 2 N–H and O–H groups in total. The van der Waals surface area contributed by atoms with Gasteiger partial charge < -0.3 is 10.6 Å². The molecule has 0 bridgehead atoms. The van der Waals surface area contributed by atoms with Crippen molar-refractivity contribution in [2.24, 2.45) is 10.9 Å². The van der Waals surface area contributed by atoms with Crippen LogP contribution in [0.25, 0.3) is 10.8 Å². The Balaban J connectivity index is 0.00000225. The lowest BCUT2D eigenvalue weighted by atomic mass is 10.00. The molecule has 0 spiro atoms. The summed E-state index contributed by atoms with van der Waals surface area (Å²) in [4.78, 5) is 4.73. The molecule has 0 amide bonds. The monoisotopic (exact) mass is 513 g/mol. The van der Waals surface area contributed by atoms with Crippen molar-refractivity contribution >= 4 is 50.5 Å². The Hall–Kier alpha value is -1.35. The van der Waals surface area contributed by atoms with Crippen LogP contribution >= 0.6 is 24.0 Å². The fraction of sp³-hybridized carbons (Fsp3) is 0.476. The minimum atomic E-state index is -2.85. The molecule has 2 unspecified atom stereocenters. The molecule has 2 fully saturated rings. The van der Waals surface area contributed by atoms with Crippen molar-refractivity contribution in [2.75, 3.05) is 18.1 Å². The molecule has 0 aromatic heterocycles. The van der Waals surface area contributed by atoms with Crippen molar-refractivity contribution in [3.05, 3.63) is 48.0 Å². The van der Waals surface area contributed by atoms with Gasteiger partial charge in [0.25, 0.3) is 0 Å². The zero-order valence-corrected chi connectivity index (χ0v) is 19.2. The van der Waals surface area contributed by atoms with Gasteiger partial charge in [-0.05, 0) is 48.4 Å². The lowest BCUT2D eigenvalue weighted by molar-refractivity contribution is 0.587. The van der Waals surface area contributed by atoms with Crippen LogP contribution in [-0.2, 0) is 9.84 Å². The van der Waals surface area contributed by atoms with Crippen LogP contribution in [-0.4, -0.2) is 38.5 Å². The van der Waals surface area contributed by atoms with Gasteiger partial charge in [0.05, 0.1) is 17.5 Å². The number of nitrogens with zero attached hydrogens (tertiary/aromatic N) is 1. The molecule has 7 heteroatoms. The normalized spacial score (nSPS) is 22.5. The standard InChI is InChI=1S/C21H27N3O2S.HI/c1-15(19-8-4-6-17-5-2-3-7-20(17)19)23-21(24-18-9-10-18)22-13-16-11-12-27(25,26)14-16;/h2-8,15-16,18H,9-14H2,1H3,(H2,22,23,24);1H. The fourth-order valence-electron chi connectivity index (χ4n) is 3.70. The molecule has 1 heterocycles. The molecule has 1 aliphatic heterocycles. The maximum absolute atomic E-state index is 11.7. The summed E-state index contributed by atoms with van der Waals surface area (Å²) < 4.78 is 23.4. The molecule has 2 atom stereocenters. The molecule has 2 aromatic rings. The Labute approximate surface area is 184 Å². The highest BCUT2D eigenvalue weighted by Crippen LogP contribution is 2.25. The Morgan fingerprint density at radius 1 is 1.14 bits per heavy atom. The van der Waals surface area contributed by atoms with Crippen LogP contribution in [0.4, 0.5) is 0 Å². The molecule has 1 saturated heterocycles. The minimum Gasteiger partial charge on any atom is -0.354 e. The summed E-state index contributed by atoms with van der Waals surface area (Å²) in [6.45, 7) is 2.70. The summed E-state index contributed by atoms with van der Waals surface area (Å²) in [5, 5.41) is 9.48. The van der Waals surface area contributed by atoms with Gasteiger partial charge in [-0.25, -0.2) is 8.42 Å². The van der Waals surface area contributed by atoms with Crippen LogP contribution in [0, 0.1) is 5.92 Å². The highest BCUT2D eigenvalue weighted by Gasteiger charge is 2.28. The summed E-state index contributed by atoms with van der Waals surface area (Å²) in [5.74, 6) is 1.51. The number of aliphatic imine (C=N–C) groups is 1. The third-order valence-electron chi connectivity index (χ3n) is 5.40. The van der Waals surface area contributed by atoms with Gasteiger partial charge in [0, 0.05) is 12.6 Å². The number of guanidine groups is 1. The van der Waals surface area contributed by atoms with E-state index in [2.05, 4.69) is 60.0 Å². The third kappa shape index (κ3) is 5.37. The number of fused-ring (bicyclic) bond motifs is 1. The number of rotatable bonds is 5. The highest BCUT2D eigenvalue weighted by atomic mass is 127. The second-order valence-electron chi connectivity index (χ2n) is 7.81. The van der Waals surface area contributed by atoms with Crippen molar-refractivity contribution < 1.29 is 8.42 Å². The van der Waals surface area contributed by atoms with Crippen LogP contribution in [0.3, 0.4) is 0 Å². The van der Waals surface area contributed by atoms with Gasteiger partial charge in [-0.15, -0.1) is 24.0 Å². The molecular formula is C21H28IN3O2S. The van der Waals surface area contributed by atoms with E-state index in [1.54, 1.807) is 0 Å². The van der Waals surface area contributed by atoms with Crippen molar-refractivity contribution in [3.8, 4) is 0 Å². The highest BCUT2D eigenvalue weighted by molar-refractivity contribution is 14.0. The first-order valence-corrected chi connectivity index (χ1v) is 11.6. The topological polar surface area (TPSA) is 70.6 Å². The van der Waals surface area contributed by atoms with Crippen LogP contribution in [0.15, 0.2) is 47.5 Å². The van der Waals surface area contributed by atoms with Crippen LogP contribution < -0.4 is 10.6 Å². The van der Waals surface area contributed by atoms with Crippen molar-refractivity contribution in [1.29, 1.82) is 0 Å². The maximum Gasteiger partial charge on any atom is 0.191 e. The van der Waals surface area contributed by atoms with E-state index in [1.165, 1.54) is 29.2 Å². The zero-order valence-electron chi connectivity index (χ0n) is 16.1. The Bertz CT molecular complexity index is 952. The van der Waals surface area contributed by atoms with E-state index in [1.807, 2.05) is 0 Å². The lowest BCUT2D eigenvalue weighted by Gasteiger charge is -2.20. The average molecular weight is 513 g/mol. The molecule has 28 heavy (non-hydrogen) atoms. The van der Waals surface area contributed by atoms with E-state index in [4.69, 9.17) is 4.99 Å². The quantitative estimate of drug-likeness (QED) is 0.364. The first kappa shape index (κ1) is 21.4. The van der Waals surface area contributed by atoms with Crippen molar-refractivity contribution in [1.82, 2.24) is 10.6 Å². The Morgan fingerprint density at radius 3 is 2.61 bits per heavy atom. The smallest absolute Gasteiger partial charge is 0.191 e. The Kier molecular flexibility index (Phi) is 6.85. The summed E-state index contributed by atoms with van der Waals surface area (Å²) >= 11 is 0. The van der Waals surface area contributed by atoms with Crippen LogP contribution in [0.5, 0.6) is 0 Å². The molecule has 1 aliphatic carbocycles. The molecule has 5 nitrogen and oxygen atoms in total. The number of sulfone groups is 1. The first-order chi connectivity index (χ1) is 13.0.